The monoisotopic (exact) mass is 744 g/mol. The van der Waals surface area contributed by atoms with E-state index in [4.69, 9.17) is 4.74 Å². The molecule has 280 valence electrons. The fraction of sp³-hybridized carbons (Fsp3) is 0.224. The second kappa shape index (κ2) is 12.4. The van der Waals surface area contributed by atoms with Crippen LogP contribution in [0.25, 0.3) is 21.5 Å². The quantitative estimate of drug-likeness (QED) is 0.168. The summed E-state index contributed by atoms with van der Waals surface area (Å²) in [6.45, 7) is 16.9. The lowest BCUT2D eigenvalue weighted by Gasteiger charge is -2.45. The molecule has 7 aromatic rings. The molecule has 0 radical (unpaired) electrons. The summed E-state index contributed by atoms with van der Waals surface area (Å²) in [7, 11) is 0. The minimum atomic E-state index is -4.90. The highest BCUT2D eigenvalue weighted by molar-refractivity contribution is 7.00. The number of anilines is 6. The molecule has 0 aliphatic carbocycles. The molecule has 9 rings (SSSR count). The van der Waals surface area contributed by atoms with Crippen LogP contribution in [0.2, 0.25) is 0 Å². The van der Waals surface area contributed by atoms with E-state index in [0.29, 0.717) is 11.4 Å². The lowest BCUT2D eigenvalue weighted by molar-refractivity contribution is -0.274. The highest BCUT2D eigenvalue weighted by atomic mass is 19.4. The summed E-state index contributed by atoms with van der Waals surface area (Å²) in [6.07, 6.45) is -4.90. The average molecular weight is 745 g/mol. The van der Waals surface area contributed by atoms with Crippen molar-refractivity contribution in [2.45, 2.75) is 72.6 Å². The Morgan fingerprint density at radius 3 is 1.38 bits per heavy atom. The van der Waals surface area contributed by atoms with Crippen LogP contribution in [0.3, 0.4) is 0 Å². The van der Waals surface area contributed by atoms with Gasteiger partial charge in [0.2, 0.25) is 0 Å². The van der Waals surface area contributed by atoms with Crippen LogP contribution >= 0.6 is 0 Å². The molecule has 2 aliphatic rings. The Morgan fingerprint density at radius 2 is 0.964 bits per heavy atom. The number of hydrogen-bond acceptors (Lipinski definition) is 3. The van der Waals surface area contributed by atoms with E-state index in [0.717, 1.165) is 82.9 Å². The van der Waals surface area contributed by atoms with Crippen LogP contribution in [0.15, 0.2) is 121 Å². The van der Waals surface area contributed by atoms with Gasteiger partial charge in [-0.05, 0) is 87.2 Å². The molecule has 0 unspecified atom stereocenters. The zero-order chi connectivity index (χ0) is 39.5. The van der Waals surface area contributed by atoms with Gasteiger partial charge in [-0.25, -0.2) is 0 Å². The van der Waals surface area contributed by atoms with Crippen molar-refractivity contribution in [1.82, 2.24) is 0 Å². The van der Waals surface area contributed by atoms with Crippen molar-refractivity contribution in [3.8, 4) is 5.75 Å². The molecule has 0 fully saturated rings. The van der Waals surface area contributed by atoms with Crippen molar-refractivity contribution in [2.24, 2.45) is 0 Å². The van der Waals surface area contributed by atoms with Crippen LogP contribution in [0.5, 0.6) is 5.75 Å². The van der Waals surface area contributed by atoms with E-state index >= 15 is 0 Å². The number of fused-ring (bicyclic) bond motifs is 8. The first kappa shape index (κ1) is 36.0. The minimum Gasteiger partial charge on any atom is -0.406 e. The molecule has 56 heavy (non-hydrogen) atoms. The Balaban J connectivity index is 1.46. The van der Waals surface area contributed by atoms with Gasteiger partial charge in [0.25, 0.3) is 6.71 Å². The van der Waals surface area contributed by atoms with Crippen LogP contribution in [-0.2, 0) is 10.8 Å². The van der Waals surface area contributed by atoms with Gasteiger partial charge in [-0.15, -0.1) is 13.2 Å². The van der Waals surface area contributed by atoms with Gasteiger partial charge in [-0.1, -0.05) is 138 Å². The van der Waals surface area contributed by atoms with E-state index in [9.17, 15) is 13.2 Å². The van der Waals surface area contributed by atoms with E-state index in [1.54, 1.807) is 12.1 Å². The van der Waals surface area contributed by atoms with Gasteiger partial charge in [0.1, 0.15) is 5.75 Å². The van der Waals surface area contributed by atoms with Gasteiger partial charge in [0, 0.05) is 57.0 Å². The number of hydrogen-bond donors (Lipinski definition) is 0. The molecular weight excluding hydrogens is 700 g/mol. The van der Waals surface area contributed by atoms with Crippen molar-refractivity contribution in [2.75, 3.05) is 9.80 Å². The second-order valence-corrected chi connectivity index (χ2v) is 17.6. The maximum atomic E-state index is 14.4. The molecule has 0 N–H and O–H groups in total. The lowest BCUT2D eigenvalue weighted by Crippen LogP contribution is -2.61. The predicted octanol–water partition coefficient (Wildman–Crippen LogP) is 12.2. The van der Waals surface area contributed by atoms with Gasteiger partial charge >= 0.3 is 6.36 Å². The summed E-state index contributed by atoms with van der Waals surface area (Å²) in [5.74, 6) is -0.266. The summed E-state index contributed by atoms with van der Waals surface area (Å²) < 4.78 is 48.2. The molecule has 2 aliphatic heterocycles. The maximum Gasteiger partial charge on any atom is 0.573 e. The maximum absolute atomic E-state index is 14.4. The molecule has 0 saturated heterocycles. The van der Waals surface area contributed by atoms with Crippen LogP contribution in [0.1, 0.15) is 63.8 Å². The Morgan fingerprint density at radius 1 is 0.518 bits per heavy atom. The SMILES string of the molecule is Cc1ccc2c3c(ccc2c1)B1c2ccc4cc(C)ccc4c2N(c2cccc(C(C)(C)C)c2)c2cc(OC(F)(F)F)cc(c21)N3c1cccc(C(C)(C)C)c1. The van der Waals surface area contributed by atoms with Crippen LogP contribution in [0, 0.1) is 13.8 Å². The van der Waals surface area contributed by atoms with E-state index in [-0.39, 0.29) is 23.3 Å². The third-order valence-electron chi connectivity index (χ3n) is 11.5. The van der Waals surface area contributed by atoms with Gasteiger partial charge in [-0.3, -0.25) is 0 Å². The third-order valence-corrected chi connectivity index (χ3v) is 11.5. The Kier molecular flexibility index (Phi) is 7.97. The zero-order valence-electron chi connectivity index (χ0n) is 33.1. The average Bonchev–Trinajstić information content (AvgIpc) is 3.13. The van der Waals surface area contributed by atoms with E-state index in [2.05, 4.69) is 162 Å². The number of alkyl halides is 3. The fourth-order valence-corrected chi connectivity index (χ4v) is 8.80. The molecule has 7 aromatic carbocycles. The van der Waals surface area contributed by atoms with Crippen molar-refractivity contribution in [1.29, 1.82) is 0 Å². The third kappa shape index (κ3) is 5.91. The van der Waals surface area contributed by atoms with Crippen molar-refractivity contribution in [3.05, 3.63) is 144 Å². The minimum absolute atomic E-state index is 0.166. The first-order valence-corrected chi connectivity index (χ1v) is 19.3. The van der Waals surface area contributed by atoms with E-state index < -0.39 is 6.36 Å². The summed E-state index contributed by atoms with van der Waals surface area (Å²) >= 11 is 0. The van der Waals surface area contributed by atoms with Crippen molar-refractivity contribution >= 4 is 78.8 Å². The van der Waals surface area contributed by atoms with Gasteiger partial charge in [0.15, 0.2) is 0 Å². The topological polar surface area (TPSA) is 15.7 Å². The van der Waals surface area contributed by atoms with Crippen molar-refractivity contribution < 1.29 is 17.9 Å². The summed E-state index contributed by atoms with van der Waals surface area (Å²) in [5, 5.41) is 4.19. The molecule has 3 nitrogen and oxygen atoms in total. The highest BCUT2D eigenvalue weighted by Gasteiger charge is 2.45. The smallest absolute Gasteiger partial charge is 0.406 e. The lowest BCUT2D eigenvalue weighted by atomic mass is 9.33. The largest absolute Gasteiger partial charge is 0.573 e. The van der Waals surface area contributed by atoms with E-state index in [1.807, 2.05) is 12.1 Å². The number of ether oxygens (including phenoxy) is 1. The molecule has 0 saturated carbocycles. The van der Waals surface area contributed by atoms with Gasteiger partial charge in [0.05, 0.1) is 0 Å². The number of benzene rings is 7. The molecule has 2 heterocycles. The first-order chi connectivity index (χ1) is 26.5. The molecule has 0 spiro atoms. The molecule has 0 atom stereocenters. The predicted molar refractivity (Wildman–Crippen MR) is 229 cm³/mol. The zero-order valence-corrected chi connectivity index (χ0v) is 33.1. The summed E-state index contributed by atoms with van der Waals surface area (Å²) in [5.41, 5.74) is 12.3. The Hall–Kier alpha value is -5.69. The molecule has 7 heteroatoms. The summed E-state index contributed by atoms with van der Waals surface area (Å²) in [4.78, 5) is 4.36. The van der Waals surface area contributed by atoms with Crippen LogP contribution in [-0.4, -0.2) is 13.1 Å². The molecule has 0 bridgehead atoms. The normalized spacial score (nSPS) is 13.9. The highest BCUT2D eigenvalue weighted by Crippen LogP contribution is 2.50. The second-order valence-electron chi connectivity index (χ2n) is 17.6. The van der Waals surface area contributed by atoms with E-state index in [1.165, 1.54) is 0 Å². The summed E-state index contributed by atoms with van der Waals surface area (Å²) in [6, 6.07) is 41.8. The first-order valence-electron chi connectivity index (χ1n) is 19.3. The number of aryl methyl sites for hydroxylation is 2. The molecule has 0 aromatic heterocycles. The van der Waals surface area contributed by atoms with Gasteiger partial charge < -0.3 is 14.5 Å². The molecule has 0 amide bonds. The fourth-order valence-electron chi connectivity index (χ4n) is 8.80. The van der Waals surface area contributed by atoms with Crippen LogP contribution < -0.4 is 30.9 Å². The number of halogens is 3. The van der Waals surface area contributed by atoms with Crippen molar-refractivity contribution in [3.63, 3.8) is 0 Å². The Bertz CT molecular complexity index is 2560. The standard InChI is InChI=1S/C49H44BF3N2O/c1-29-15-19-38-31(23-29)17-21-40-45(38)54(35-13-9-11-33(25-35)47(3,4)5)42-27-37(56-49(51,52)53)28-43-44(42)50(40)41-22-18-32-24-30(2)16-20-39(32)46(41)55(43)36-14-10-12-34(26-36)48(6,7)8/h9-28H,1-8H3. The van der Waals surface area contributed by atoms with Gasteiger partial charge in [-0.2, -0.15) is 0 Å². The Labute approximate surface area is 327 Å². The molecular formula is C49H44BF3N2O. The van der Waals surface area contributed by atoms with Crippen LogP contribution in [0.4, 0.5) is 47.3 Å². The number of nitrogens with zero attached hydrogens (tertiary/aromatic N) is 2. The number of rotatable bonds is 3.